The van der Waals surface area contributed by atoms with Crippen LogP contribution < -0.4 is 0 Å². The molecule has 2 atom stereocenters. The zero-order valence-electron chi connectivity index (χ0n) is 12.9. The number of benzene rings is 1. The van der Waals surface area contributed by atoms with Gasteiger partial charge in [-0.25, -0.2) is 0 Å². The predicted octanol–water partition coefficient (Wildman–Crippen LogP) is 3.66. The zero-order chi connectivity index (χ0) is 14.4. The van der Waals surface area contributed by atoms with Gasteiger partial charge in [-0.2, -0.15) is 0 Å². The molecule has 2 nitrogen and oxygen atoms in total. The topological polar surface area (TPSA) is 20.3 Å². The third kappa shape index (κ3) is 2.61. The minimum Gasteiger partial charge on any atom is -0.339 e. The molecule has 1 aliphatic heterocycles. The molecule has 3 rings (SSSR count). The molecule has 0 spiro atoms. The van der Waals surface area contributed by atoms with Crippen molar-refractivity contribution in [3.63, 3.8) is 0 Å². The van der Waals surface area contributed by atoms with Gasteiger partial charge < -0.3 is 4.90 Å². The zero-order valence-corrected chi connectivity index (χ0v) is 12.9. The molecule has 0 aromatic heterocycles. The molecule has 2 heteroatoms. The Morgan fingerprint density at radius 3 is 2.60 bits per heavy atom. The van der Waals surface area contributed by atoms with E-state index >= 15 is 0 Å². The minimum absolute atomic E-state index is 0.308. The van der Waals surface area contributed by atoms with Crippen molar-refractivity contribution in [1.82, 2.24) is 4.90 Å². The number of amides is 1. The lowest BCUT2D eigenvalue weighted by Crippen LogP contribution is -2.38. The Kier molecular flexibility index (Phi) is 3.15. The fraction of sp³-hybridized carbons (Fsp3) is 0.611. The molecule has 20 heavy (non-hydrogen) atoms. The minimum atomic E-state index is 0.308. The molecule has 108 valence electrons. The Hall–Kier alpha value is -1.31. The van der Waals surface area contributed by atoms with Crippen molar-refractivity contribution in [2.75, 3.05) is 6.54 Å². The van der Waals surface area contributed by atoms with Gasteiger partial charge in [0.15, 0.2) is 0 Å². The first-order valence-electron chi connectivity index (χ1n) is 7.70. The van der Waals surface area contributed by atoms with Gasteiger partial charge >= 0.3 is 0 Å². The molecule has 0 radical (unpaired) electrons. The molecule has 2 bridgehead atoms. The van der Waals surface area contributed by atoms with E-state index in [9.17, 15) is 4.79 Å². The largest absolute Gasteiger partial charge is 0.339 e. The summed E-state index contributed by atoms with van der Waals surface area (Å²) in [6.07, 6.45) is 4.14. The molecule has 0 unspecified atom stereocenters. The van der Waals surface area contributed by atoms with Crippen LogP contribution in [0.3, 0.4) is 0 Å². The maximum atomic E-state index is 12.6. The highest BCUT2D eigenvalue weighted by Gasteiger charge is 2.50. The van der Waals surface area contributed by atoms with Gasteiger partial charge in [0.25, 0.3) is 0 Å². The number of carbonyl (C=O) groups is 1. The summed E-state index contributed by atoms with van der Waals surface area (Å²) in [4.78, 5) is 14.8. The molecule has 1 saturated carbocycles. The van der Waals surface area contributed by atoms with Gasteiger partial charge in [-0.15, -0.1) is 0 Å². The standard InChI is InChI=1S/C18H25NO/c1-17(2)10-15-11-18(3,12-17)13-19(15)16(20)9-14-7-5-4-6-8-14/h4-8,15H,9-13H2,1-3H3/t15-,18-/m0/s1. The second-order valence-corrected chi connectivity index (χ2v) is 7.90. The lowest BCUT2D eigenvalue weighted by Gasteiger charge is -2.39. The van der Waals surface area contributed by atoms with E-state index in [0.29, 0.717) is 29.2 Å². The summed E-state index contributed by atoms with van der Waals surface area (Å²) in [6.45, 7) is 8.01. The third-order valence-electron chi connectivity index (χ3n) is 4.93. The number of hydrogen-bond donors (Lipinski definition) is 0. The molecule has 1 heterocycles. The first-order chi connectivity index (χ1) is 9.37. The lowest BCUT2D eigenvalue weighted by molar-refractivity contribution is -0.131. The summed E-state index contributed by atoms with van der Waals surface area (Å²) in [5.74, 6) is 0.308. The fourth-order valence-electron chi connectivity index (χ4n) is 4.62. The van der Waals surface area contributed by atoms with E-state index in [1.54, 1.807) is 0 Å². The van der Waals surface area contributed by atoms with Crippen LogP contribution in [0.5, 0.6) is 0 Å². The van der Waals surface area contributed by atoms with Gasteiger partial charge in [-0.1, -0.05) is 51.1 Å². The summed E-state index contributed by atoms with van der Waals surface area (Å²) in [5, 5.41) is 0. The highest BCUT2D eigenvalue weighted by atomic mass is 16.2. The Morgan fingerprint density at radius 1 is 1.20 bits per heavy atom. The molecule has 1 amide bonds. The van der Waals surface area contributed by atoms with E-state index in [1.807, 2.05) is 30.3 Å². The highest BCUT2D eigenvalue weighted by Crippen LogP contribution is 2.52. The van der Waals surface area contributed by atoms with Crippen LogP contribution in [0.15, 0.2) is 30.3 Å². The van der Waals surface area contributed by atoms with Crippen LogP contribution in [0.4, 0.5) is 0 Å². The molecule has 1 aromatic carbocycles. The average molecular weight is 271 g/mol. The molecular formula is C18H25NO. The van der Waals surface area contributed by atoms with E-state index < -0.39 is 0 Å². The Balaban J connectivity index is 1.74. The summed E-state index contributed by atoms with van der Waals surface area (Å²) in [6, 6.07) is 10.6. The molecule has 2 aliphatic rings. The van der Waals surface area contributed by atoms with Crippen molar-refractivity contribution < 1.29 is 4.79 Å². The number of likely N-dealkylation sites (tertiary alicyclic amines) is 1. The molecule has 2 fully saturated rings. The van der Waals surface area contributed by atoms with Crippen molar-refractivity contribution in [1.29, 1.82) is 0 Å². The molecule has 1 aliphatic carbocycles. The first kappa shape index (κ1) is 13.7. The molecule has 1 aromatic rings. The van der Waals surface area contributed by atoms with E-state index in [4.69, 9.17) is 0 Å². The van der Waals surface area contributed by atoms with E-state index in [2.05, 4.69) is 25.7 Å². The number of carbonyl (C=O) groups excluding carboxylic acids is 1. The second kappa shape index (κ2) is 4.61. The first-order valence-corrected chi connectivity index (χ1v) is 7.70. The SMILES string of the molecule is CC1(C)C[C@H]2C[C@](C)(CN2C(=O)Cc2ccccc2)C1. The average Bonchev–Trinajstić information content (AvgIpc) is 2.60. The van der Waals surface area contributed by atoms with Gasteiger partial charge in [0, 0.05) is 12.6 Å². The smallest absolute Gasteiger partial charge is 0.227 e. The normalized spacial score (nSPS) is 31.4. The molecule has 0 N–H and O–H groups in total. The van der Waals surface area contributed by atoms with Gasteiger partial charge in [0.1, 0.15) is 0 Å². The highest BCUT2D eigenvalue weighted by molar-refractivity contribution is 5.79. The maximum Gasteiger partial charge on any atom is 0.227 e. The number of nitrogens with zero attached hydrogens (tertiary/aromatic N) is 1. The summed E-state index contributed by atoms with van der Waals surface area (Å²) in [5.41, 5.74) is 1.83. The van der Waals surface area contributed by atoms with Crippen molar-refractivity contribution in [3.05, 3.63) is 35.9 Å². The maximum absolute atomic E-state index is 12.6. The number of hydrogen-bond acceptors (Lipinski definition) is 1. The Bertz CT molecular complexity index is 507. The fourth-order valence-corrected chi connectivity index (χ4v) is 4.62. The Morgan fingerprint density at radius 2 is 1.90 bits per heavy atom. The van der Waals surface area contributed by atoms with Crippen molar-refractivity contribution in [3.8, 4) is 0 Å². The molecular weight excluding hydrogens is 246 g/mol. The quantitative estimate of drug-likeness (QED) is 0.804. The number of rotatable bonds is 2. The lowest BCUT2D eigenvalue weighted by atomic mass is 9.65. The second-order valence-electron chi connectivity index (χ2n) is 7.90. The van der Waals surface area contributed by atoms with Crippen LogP contribution in [0.1, 0.15) is 45.6 Å². The number of fused-ring (bicyclic) bond motifs is 2. The van der Waals surface area contributed by atoms with Gasteiger partial charge in [0.2, 0.25) is 5.91 Å². The molecule has 1 saturated heterocycles. The Labute approximate surface area is 122 Å². The van der Waals surface area contributed by atoms with Crippen molar-refractivity contribution >= 4 is 5.91 Å². The third-order valence-corrected chi connectivity index (χ3v) is 4.93. The van der Waals surface area contributed by atoms with Gasteiger partial charge in [0.05, 0.1) is 6.42 Å². The summed E-state index contributed by atoms with van der Waals surface area (Å²) < 4.78 is 0. The summed E-state index contributed by atoms with van der Waals surface area (Å²) >= 11 is 0. The van der Waals surface area contributed by atoms with Crippen LogP contribution in [0, 0.1) is 10.8 Å². The summed E-state index contributed by atoms with van der Waals surface area (Å²) in [7, 11) is 0. The van der Waals surface area contributed by atoms with Crippen LogP contribution in [-0.2, 0) is 11.2 Å². The van der Waals surface area contributed by atoms with E-state index in [1.165, 1.54) is 12.8 Å². The monoisotopic (exact) mass is 271 g/mol. The van der Waals surface area contributed by atoms with Crippen LogP contribution in [0.2, 0.25) is 0 Å². The predicted molar refractivity (Wildman–Crippen MR) is 81.4 cm³/mol. The van der Waals surface area contributed by atoms with Crippen molar-refractivity contribution in [2.45, 2.75) is 52.5 Å². The van der Waals surface area contributed by atoms with Gasteiger partial charge in [-0.05, 0) is 35.7 Å². The van der Waals surface area contributed by atoms with E-state index in [-0.39, 0.29) is 0 Å². The van der Waals surface area contributed by atoms with Crippen LogP contribution >= 0.6 is 0 Å². The van der Waals surface area contributed by atoms with E-state index in [0.717, 1.165) is 18.5 Å². The van der Waals surface area contributed by atoms with Crippen LogP contribution in [-0.4, -0.2) is 23.4 Å². The van der Waals surface area contributed by atoms with Gasteiger partial charge in [-0.3, -0.25) is 4.79 Å². The van der Waals surface area contributed by atoms with Crippen LogP contribution in [0.25, 0.3) is 0 Å². The van der Waals surface area contributed by atoms with Crippen molar-refractivity contribution in [2.24, 2.45) is 10.8 Å².